The van der Waals surface area contributed by atoms with Crippen LogP contribution in [0.2, 0.25) is 0 Å². The Labute approximate surface area is 222 Å². The van der Waals surface area contributed by atoms with Crippen LogP contribution in [0.1, 0.15) is 0 Å². The Kier molecular flexibility index (Phi) is 7.02. The van der Waals surface area contributed by atoms with Crippen LogP contribution in [0.3, 0.4) is 0 Å². The van der Waals surface area contributed by atoms with Crippen LogP contribution in [0.15, 0.2) is 91.1 Å². The zero-order valence-electron chi connectivity index (χ0n) is 21.2. The molecule has 0 saturated carbocycles. The van der Waals surface area contributed by atoms with Gasteiger partial charge in [0.25, 0.3) is 5.91 Å². The molecule has 38 heavy (non-hydrogen) atoms. The number of hydrogen-bond acceptors (Lipinski definition) is 6. The zero-order valence-corrected chi connectivity index (χ0v) is 21.2. The molecule has 0 aliphatic carbocycles. The summed E-state index contributed by atoms with van der Waals surface area (Å²) in [6.45, 7) is 4.78. The topological polar surface area (TPSA) is 66.9 Å². The van der Waals surface area contributed by atoms with E-state index in [1.807, 2.05) is 65.6 Å². The van der Waals surface area contributed by atoms with E-state index in [0.29, 0.717) is 6.54 Å². The van der Waals surface area contributed by atoms with E-state index in [1.54, 1.807) is 6.20 Å². The number of anilines is 3. The summed E-state index contributed by atoms with van der Waals surface area (Å²) in [6.07, 6.45) is 1.80. The number of amides is 1. The number of carbonyl (C=O) groups excluding carboxylic acids is 1. The molecule has 6 rings (SSSR count). The largest absolute Gasteiger partial charge is 0.482 e. The predicted octanol–water partition coefficient (Wildman–Crippen LogP) is 5.22. The molecule has 1 aromatic heterocycles. The molecule has 4 aromatic rings. The van der Waals surface area contributed by atoms with Crippen molar-refractivity contribution < 1.29 is 14.3 Å². The van der Waals surface area contributed by atoms with Crippen molar-refractivity contribution in [1.82, 2.24) is 9.88 Å². The molecule has 2 aliphatic heterocycles. The van der Waals surface area contributed by atoms with Crippen molar-refractivity contribution in [2.75, 3.05) is 56.2 Å². The summed E-state index contributed by atoms with van der Waals surface area (Å²) in [5.74, 6) is 1.47. The summed E-state index contributed by atoms with van der Waals surface area (Å²) in [4.78, 5) is 21.5. The summed E-state index contributed by atoms with van der Waals surface area (Å²) in [5.41, 5.74) is 6.10. The maximum Gasteiger partial charge on any atom is 0.265 e. The number of benzene rings is 3. The molecule has 1 saturated heterocycles. The van der Waals surface area contributed by atoms with Crippen molar-refractivity contribution in [3.63, 3.8) is 0 Å². The number of ether oxygens (including phenoxy) is 2. The average Bonchev–Trinajstić information content (AvgIpc) is 2.98. The standard InChI is InChI=1S/C31H30N4O3/c36-31-22-38-29-10-9-25(20-28(29)35(31)14-13-34-15-17-37-18-16-34)26-11-12-32-30(21-26)33-27-8-4-7-24(19-27)23-5-2-1-3-6-23/h1-12,19-21H,13-18,22H2,(H,32,33). The summed E-state index contributed by atoms with van der Waals surface area (Å²) in [5, 5.41) is 3.44. The Morgan fingerprint density at radius 1 is 0.789 bits per heavy atom. The van der Waals surface area contributed by atoms with E-state index in [2.05, 4.69) is 39.5 Å². The first-order valence-corrected chi connectivity index (χ1v) is 13.0. The molecular formula is C31H30N4O3. The molecule has 0 radical (unpaired) electrons. The van der Waals surface area contributed by atoms with Crippen LogP contribution < -0.4 is 15.0 Å². The molecule has 192 valence electrons. The Balaban J connectivity index is 1.22. The molecule has 0 spiro atoms. The van der Waals surface area contributed by atoms with Crippen molar-refractivity contribution in [3.8, 4) is 28.0 Å². The lowest BCUT2D eigenvalue weighted by atomic mass is 10.0. The molecule has 2 aliphatic rings. The number of nitrogens with zero attached hydrogens (tertiary/aromatic N) is 3. The number of carbonyl (C=O) groups is 1. The normalized spacial score (nSPS) is 15.6. The Morgan fingerprint density at radius 2 is 1.58 bits per heavy atom. The van der Waals surface area contributed by atoms with E-state index >= 15 is 0 Å². The summed E-state index contributed by atoms with van der Waals surface area (Å²) >= 11 is 0. The van der Waals surface area contributed by atoms with Crippen LogP contribution in [0.4, 0.5) is 17.2 Å². The first-order chi connectivity index (χ1) is 18.7. The van der Waals surface area contributed by atoms with Gasteiger partial charge in [0, 0.05) is 38.1 Å². The second-order valence-electron chi connectivity index (χ2n) is 9.47. The van der Waals surface area contributed by atoms with Gasteiger partial charge < -0.3 is 19.7 Å². The van der Waals surface area contributed by atoms with Gasteiger partial charge in [-0.1, -0.05) is 48.5 Å². The molecule has 3 aromatic carbocycles. The fraction of sp³-hybridized carbons (Fsp3) is 0.226. The van der Waals surface area contributed by atoms with Crippen molar-refractivity contribution in [2.24, 2.45) is 0 Å². The maximum absolute atomic E-state index is 12.8. The van der Waals surface area contributed by atoms with Gasteiger partial charge >= 0.3 is 0 Å². The van der Waals surface area contributed by atoms with E-state index in [4.69, 9.17) is 9.47 Å². The minimum absolute atomic E-state index is 0.0155. The lowest BCUT2D eigenvalue weighted by Crippen LogP contribution is -2.45. The quantitative estimate of drug-likeness (QED) is 0.371. The van der Waals surface area contributed by atoms with Crippen LogP contribution >= 0.6 is 0 Å². The third-order valence-corrected chi connectivity index (χ3v) is 6.98. The van der Waals surface area contributed by atoms with Gasteiger partial charge in [-0.3, -0.25) is 9.69 Å². The third-order valence-electron chi connectivity index (χ3n) is 6.98. The van der Waals surface area contributed by atoms with Crippen LogP contribution in [0.5, 0.6) is 5.75 Å². The third kappa shape index (κ3) is 5.39. The minimum Gasteiger partial charge on any atom is -0.482 e. The minimum atomic E-state index is -0.0155. The van der Waals surface area contributed by atoms with E-state index in [-0.39, 0.29) is 12.5 Å². The Morgan fingerprint density at radius 3 is 2.45 bits per heavy atom. The van der Waals surface area contributed by atoms with Gasteiger partial charge in [0.1, 0.15) is 11.6 Å². The summed E-state index contributed by atoms with van der Waals surface area (Å²) in [6, 6.07) is 28.7. The van der Waals surface area contributed by atoms with Crippen LogP contribution in [0.25, 0.3) is 22.3 Å². The SMILES string of the molecule is O=C1COc2ccc(-c3ccnc(Nc4cccc(-c5ccccc5)c4)c3)cc2N1CCN1CCOCC1. The van der Waals surface area contributed by atoms with E-state index < -0.39 is 0 Å². The lowest BCUT2D eigenvalue weighted by molar-refractivity contribution is -0.121. The molecule has 1 N–H and O–H groups in total. The highest BCUT2D eigenvalue weighted by atomic mass is 16.5. The molecule has 1 amide bonds. The van der Waals surface area contributed by atoms with Gasteiger partial charge in [-0.2, -0.15) is 0 Å². The fourth-order valence-corrected chi connectivity index (χ4v) is 4.93. The molecule has 1 fully saturated rings. The number of nitrogens with one attached hydrogen (secondary N) is 1. The van der Waals surface area contributed by atoms with E-state index in [9.17, 15) is 4.79 Å². The fourth-order valence-electron chi connectivity index (χ4n) is 4.93. The van der Waals surface area contributed by atoms with Gasteiger partial charge in [0.2, 0.25) is 0 Å². The van der Waals surface area contributed by atoms with Gasteiger partial charge in [0.05, 0.1) is 18.9 Å². The molecule has 0 bridgehead atoms. The highest BCUT2D eigenvalue weighted by molar-refractivity contribution is 5.98. The van der Waals surface area contributed by atoms with Gasteiger partial charge in [0.15, 0.2) is 6.61 Å². The van der Waals surface area contributed by atoms with Crippen molar-refractivity contribution in [3.05, 3.63) is 91.1 Å². The van der Waals surface area contributed by atoms with Crippen molar-refractivity contribution in [1.29, 1.82) is 0 Å². The second-order valence-corrected chi connectivity index (χ2v) is 9.47. The second kappa shape index (κ2) is 11.0. The number of pyridine rings is 1. The Hall–Kier alpha value is -4.20. The first-order valence-electron chi connectivity index (χ1n) is 13.0. The van der Waals surface area contributed by atoms with Gasteiger partial charge in [-0.15, -0.1) is 0 Å². The van der Waals surface area contributed by atoms with Gasteiger partial charge in [-0.05, 0) is 58.7 Å². The zero-order chi connectivity index (χ0) is 25.7. The van der Waals surface area contributed by atoms with Crippen LogP contribution in [-0.4, -0.2) is 61.8 Å². The van der Waals surface area contributed by atoms with E-state index in [1.165, 1.54) is 5.56 Å². The Bertz CT molecular complexity index is 1420. The van der Waals surface area contributed by atoms with Crippen molar-refractivity contribution in [2.45, 2.75) is 0 Å². The molecule has 7 heteroatoms. The number of hydrogen-bond donors (Lipinski definition) is 1. The van der Waals surface area contributed by atoms with Crippen molar-refractivity contribution >= 4 is 23.1 Å². The number of morpholine rings is 1. The molecule has 3 heterocycles. The van der Waals surface area contributed by atoms with Gasteiger partial charge in [-0.25, -0.2) is 4.98 Å². The molecule has 0 unspecified atom stereocenters. The van der Waals surface area contributed by atoms with Crippen LogP contribution in [0, 0.1) is 0 Å². The summed E-state index contributed by atoms with van der Waals surface area (Å²) < 4.78 is 11.2. The van der Waals surface area contributed by atoms with E-state index in [0.717, 1.165) is 72.5 Å². The lowest BCUT2D eigenvalue weighted by Gasteiger charge is -2.33. The number of fused-ring (bicyclic) bond motifs is 1. The number of aromatic nitrogens is 1. The van der Waals surface area contributed by atoms with Crippen LogP contribution in [-0.2, 0) is 9.53 Å². The molecular weight excluding hydrogens is 476 g/mol. The molecule has 0 atom stereocenters. The summed E-state index contributed by atoms with van der Waals surface area (Å²) in [7, 11) is 0. The average molecular weight is 507 g/mol. The highest BCUT2D eigenvalue weighted by Crippen LogP contribution is 2.36. The monoisotopic (exact) mass is 506 g/mol. The smallest absolute Gasteiger partial charge is 0.265 e. The maximum atomic E-state index is 12.8. The highest BCUT2D eigenvalue weighted by Gasteiger charge is 2.26. The number of rotatable bonds is 7. The predicted molar refractivity (Wildman–Crippen MR) is 150 cm³/mol. The first kappa shape index (κ1) is 24.2. The molecule has 7 nitrogen and oxygen atoms in total.